The minimum atomic E-state index is -0.586. The summed E-state index contributed by atoms with van der Waals surface area (Å²) in [6.07, 6.45) is 1.47. The van der Waals surface area contributed by atoms with Gasteiger partial charge in [0.05, 0.1) is 22.5 Å². The number of nitrogens with zero attached hydrogens (tertiary/aromatic N) is 3. The Morgan fingerprint density at radius 3 is 2.84 bits per heavy atom. The number of fused-ring (bicyclic) bond motifs is 1. The van der Waals surface area contributed by atoms with E-state index in [0.29, 0.717) is 11.4 Å². The van der Waals surface area contributed by atoms with Gasteiger partial charge in [0.15, 0.2) is 0 Å². The summed E-state index contributed by atoms with van der Waals surface area (Å²) in [6, 6.07) is 5.74. The van der Waals surface area contributed by atoms with Crippen molar-refractivity contribution in [2.75, 3.05) is 22.5 Å². The maximum absolute atomic E-state index is 13.6. The van der Waals surface area contributed by atoms with Gasteiger partial charge in [-0.2, -0.15) is 5.10 Å². The van der Waals surface area contributed by atoms with Gasteiger partial charge in [0, 0.05) is 6.54 Å². The van der Waals surface area contributed by atoms with Crippen LogP contribution in [0, 0.1) is 5.82 Å². The summed E-state index contributed by atoms with van der Waals surface area (Å²) in [5.74, 6) is -1.07. The van der Waals surface area contributed by atoms with Crippen LogP contribution in [0.25, 0.3) is 0 Å². The second-order valence-corrected chi connectivity index (χ2v) is 6.29. The van der Waals surface area contributed by atoms with E-state index in [0.717, 1.165) is 4.68 Å². The topological polar surface area (TPSA) is 84.3 Å². The Balaban J connectivity index is 1.86. The third-order valence-electron chi connectivity index (χ3n) is 3.66. The fraction of sp³-hybridized carbons (Fsp3) is 0.250. The molecule has 0 bridgehead atoms. The number of para-hydroxylation sites is 1. The molecule has 2 amide bonds. The number of benzene rings is 1. The molecule has 1 N–H and O–H groups in total. The van der Waals surface area contributed by atoms with E-state index in [1.54, 1.807) is 13.0 Å². The monoisotopic (exact) mass is 362 g/mol. The second kappa shape index (κ2) is 7.06. The van der Waals surface area contributed by atoms with Crippen LogP contribution in [0.1, 0.15) is 6.92 Å². The molecule has 0 aliphatic carbocycles. The fourth-order valence-electron chi connectivity index (χ4n) is 2.49. The molecule has 0 saturated heterocycles. The number of nitrogens with one attached hydrogen (secondary N) is 1. The van der Waals surface area contributed by atoms with Crippen molar-refractivity contribution in [1.82, 2.24) is 9.78 Å². The van der Waals surface area contributed by atoms with Crippen molar-refractivity contribution in [1.29, 1.82) is 0 Å². The number of carbonyl (C=O) groups is 2. The molecule has 0 radical (unpaired) electrons. The molecule has 2 heterocycles. The Bertz CT molecular complexity index is 899. The number of halogens is 1. The van der Waals surface area contributed by atoms with Crippen molar-refractivity contribution in [3.05, 3.63) is 46.6 Å². The quantitative estimate of drug-likeness (QED) is 0.891. The van der Waals surface area contributed by atoms with Crippen molar-refractivity contribution in [2.45, 2.75) is 18.4 Å². The van der Waals surface area contributed by atoms with E-state index in [1.807, 2.05) is 0 Å². The predicted octanol–water partition coefficient (Wildman–Crippen LogP) is 1.48. The Morgan fingerprint density at radius 2 is 2.12 bits per heavy atom. The van der Waals surface area contributed by atoms with Crippen molar-refractivity contribution in [3.63, 3.8) is 0 Å². The van der Waals surface area contributed by atoms with Gasteiger partial charge in [0.1, 0.15) is 18.0 Å². The Hall–Kier alpha value is -2.68. The van der Waals surface area contributed by atoms with E-state index < -0.39 is 17.3 Å². The van der Waals surface area contributed by atoms with Gasteiger partial charge in [-0.1, -0.05) is 12.1 Å². The summed E-state index contributed by atoms with van der Waals surface area (Å²) >= 11 is 1.25. The molecule has 0 atom stereocenters. The number of thioether (sulfide) groups is 1. The van der Waals surface area contributed by atoms with Gasteiger partial charge in [-0.25, -0.2) is 9.07 Å². The summed E-state index contributed by atoms with van der Waals surface area (Å²) in [4.78, 5) is 38.7. The number of rotatable bonds is 4. The molecule has 9 heteroatoms. The molecule has 1 aliphatic heterocycles. The normalized spacial score (nSPS) is 13.5. The van der Waals surface area contributed by atoms with Crippen LogP contribution in [0.15, 0.2) is 40.2 Å². The first-order valence-electron chi connectivity index (χ1n) is 7.59. The molecule has 1 aromatic heterocycles. The van der Waals surface area contributed by atoms with E-state index in [9.17, 15) is 18.8 Å². The van der Waals surface area contributed by atoms with Crippen LogP contribution in [0.3, 0.4) is 0 Å². The SMILES string of the molecule is CCN1C(=O)CSc2cnn(CC(=O)Nc3ccccc3F)c(=O)c21. The molecule has 0 fully saturated rings. The first-order chi connectivity index (χ1) is 12.0. The molecule has 3 rings (SSSR count). The van der Waals surface area contributed by atoms with Crippen LogP contribution in [0.4, 0.5) is 15.8 Å². The molecule has 2 aromatic rings. The molecule has 7 nitrogen and oxygen atoms in total. The van der Waals surface area contributed by atoms with Crippen molar-refractivity contribution in [3.8, 4) is 0 Å². The molecule has 130 valence electrons. The largest absolute Gasteiger partial charge is 0.322 e. The van der Waals surface area contributed by atoms with Crippen LogP contribution in [-0.2, 0) is 16.1 Å². The molecule has 0 spiro atoms. The average Bonchev–Trinajstić information content (AvgIpc) is 2.59. The van der Waals surface area contributed by atoms with Gasteiger partial charge in [-0.15, -0.1) is 11.8 Å². The number of anilines is 2. The number of amides is 2. The Labute approximate surface area is 146 Å². The van der Waals surface area contributed by atoms with E-state index >= 15 is 0 Å². The highest BCUT2D eigenvalue weighted by molar-refractivity contribution is 8.00. The van der Waals surface area contributed by atoms with Crippen LogP contribution in [0.2, 0.25) is 0 Å². The lowest BCUT2D eigenvalue weighted by Gasteiger charge is -2.26. The third-order valence-corrected chi connectivity index (χ3v) is 4.67. The summed E-state index contributed by atoms with van der Waals surface area (Å²) in [5.41, 5.74) is -0.263. The van der Waals surface area contributed by atoms with E-state index in [2.05, 4.69) is 10.4 Å². The molecule has 1 aliphatic rings. The number of hydrogen-bond donors (Lipinski definition) is 1. The first kappa shape index (κ1) is 17.2. The highest BCUT2D eigenvalue weighted by Crippen LogP contribution is 2.31. The highest BCUT2D eigenvalue weighted by Gasteiger charge is 2.28. The second-order valence-electron chi connectivity index (χ2n) is 5.27. The minimum Gasteiger partial charge on any atom is -0.322 e. The van der Waals surface area contributed by atoms with Gasteiger partial charge in [-0.3, -0.25) is 14.4 Å². The van der Waals surface area contributed by atoms with Gasteiger partial charge in [0.2, 0.25) is 11.8 Å². The molecule has 1 aromatic carbocycles. The molecular weight excluding hydrogens is 347 g/mol. The minimum absolute atomic E-state index is 0.0272. The third kappa shape index (κ3) is 3.41. The summed E-state index contributed by atoms with van der Waals surface area (Å²) in [5, 5.41) is 6.38. The van der Waals surface area contributed by atoms with Gasteiger partial charge >= 0.3 is 0 Å². The van der Waals surface area contributed by atoms with Gasteiger partial charge in [-0.05, 0) is 19.1 Å². The smallest absolute Gasteiger partial charge is 0.292 e. The predicted molar refractivity (Wildman–Crippen MR) is 92.3 cm³/mol. The van der Waals surface area contributed by atoms with E-state index in [-0.39, 0.29) is 29.6 Å². The number of hydrogen-bond acceptors (Lipinski definition) is 5. The van der Waals surface area contributed by atoms with Crippen LogP contribution in [-0.4, -0.2) is 33.9 Å². The maximum atomic E-state index is 13.6. The zero-order valence-electron chi connectivity index (χ0n) is 13.4. The van der Waals surface area contributed by atoms with Crippen molar-refractivity contribution in [2.24, 2.45) is 0 Å². The molecule has 25 heavy (non-hydrogen) atoms. The lowest BCUT2D eigenvalue weighted by atomic mass is 10.3. The highest BCUT2D eigenvalue weighted by atomic mass is 32.2. The Kier molecular flexibility index (Phi) is 4.84. The molecule has 0 saturated carbocycles. The van der Waals surface area contributed by atoms with Crippen LogP contribution < -0.4 is 15.8 Å². The summed E-state index contributed by atoms with van der Waals surface area (Å²) in [7, 11) is 0. The first-order valence-corrected chi connectivity index (χ1v) is 8.57. The zero-order valence-corrected chi connectivity index (χ0v) is 14.2. The lowest BCUT2D eigenvalue weighted by Crippen LogP contribution is -2.42. The zero-order chi connectivity index (χ0) is 18.0. The summed E-state index contributed by atoms with van der Waals surface area (Å²) < 4.78 is 14.6. The van der Waals surface area contributed by atoms with E-state index in [1.165, 1.54) is 41.1 Å². The maximum Gasteiger partial charge on any atom is 0.292 e. The molecular formula is C16H15FN4O3S. The number of carbonyl (C=O) groups excluding carboxylic acids is 2. The van der Waals surface area contributed by atoms with Gasteiger partial charge < -0.3 is 10.2 Å². The lowest BCUT2D eigenvalue weighted by molar-refractivity contribution is -0.117. The van der Waals surface area contributed by atoms with Crippen molar-refractivity contribution >= 4 is 35.0 Å². The van der Waals surface area contributed by atoms with E-state index in [4.69, 9.17) is 0 Å². The molecule has 0 unspecified atom stereocenters. The average molecular weight is 362 g/mol. The number of aromatic nitrogens is 2. The summed E-state index contributed by atoms with van der Waals surface area (Å²) in [6.45, 7) is 1.75. The van der Waals surface area contributed by atoms with Gasteiger partial charge in [0.25, 0.3) is 5.56 Å². The van der Waals surface area contributed by atoms with Crippen LogP contribution in [0.5, 0.6) is 0 Å². The standard InChI is InChI=1S/C16H15FN4O3S/c1-2-20-14(23)9-25-12-7-18-21(16(24)15(12)20)8-13(22)19-11-6-4-3-5-10(11)17/h3-7H,2,8-9H2,1H3,(H,19,22). The fourth-order valence-corrected chi connectivity index (χ4v) is 3.39. The van der Waals surface area contributed by atoms with Crippen molar-refractivity contribution < 1.29 is 14.0 Å². The Morgan fingerprint density at radius 1 is 1.36 bits per heavy atom. The van der Waals surface area contributed by atoms with Crippen LogP contribution >= 0.6 is 11.8 Å².